The van der Waals surface area contributed by atoms with E-state index in [4.69, 9.17) is 11.6 Å². The van der Waals surface area contributed by atoms with E-state index in [0.717, 1.165) is 14.6 Å². The number of anilines is 1. The van der Waals surface area contributed by atoms with Gasteiger partial charge in [0.05, 0.1) is 22.6 Å². The number of nitrogens with zero attached hydrogens (tertiary/aromatic N) is 3. The van der Waals surface area contributed by atoms with Gasteiger partial charge in [-0.25, -0.2) is 15.0 Å². The van der Waals surface area contributed by atoms with Crippen LogP contribution in [0.2, 0.25) is 5.15 Å². The van der Waals surface area contributed by atoms with E-state index < -0.39 is 0 Å². The van der Waals surface area contributed by atoms with Gasteiger partial charge in [0, 0.05) is 5.69 Å². The molecule has 0 spiro atoms. The molecule has 0 fully saturated rings. The minimum Gasteiger partial charge on any atom is -0.321 e. The lowest BCUT2D eigenvalue weighted by Crippen LogP contribution is -2.13. The molecule has 106 valence electrons. The molecule has 0 aliphatic carbocycles. The minimum absolute atomic E-state index is 0.216. The SMILES string of the molecule is CSc1nc2ccc(NC(=O)c3cnc(Cl)cn3)cc2s1. The molecule has 0 saturated heterocycles. The van der Waals surface area contributed by atoms with E-state index >= 15 is 0 Å². The summed E-state index contributed by atoms with van der Waals surface area (Å²) >= 11 is 8.84. The molecule has 2 aromatic heterocycles. The van der Waals surface area contributed by atoms with Gasteiger partial charge in [-0.05, 0) is 24.5 Å². The second-order valence-electron chi connectivity index (χ2n) is 4.04. The predicted octanol–water partition coefficient (Wildman–Crippen LogP) is 3.71. The van der Waals surface area contributed by atoms with Gasteiger partial charge in [0.15, 0.2) is 4.34 Å². The Balaban J connectivity index is 1.83. The van der Waals surface area contributed by atoms with Crippen molar-refractivity contribution in [3.8, 4) is 0 Å². The van der Waals surface area contributed by atoms with Crippen molar-refractivity contribution in [3.05, 3.63) is 41.4 Å². The number of thiazole rings is 1. The molecule has 5 nitrogen and oxygen atoms in total. The van der Waals surface area contributed by atoms with Crippen molar-refractivity contribution in [1.82, 2.24) is 15.0 Å². The number of aromatic nitrogens is 3. The summed E-state index contributed by atoms with van der Waals surface area (Å²) in [6.45, 7) is 0. The van der Waals surface area contributed by atoms with Gasteiger partial charge < -0.3 is 5.32 Å². The van der Waals surface area contributed by atoms with E-state index in [1.807, 2.05) is 24.5 Å². The van der Waals surface area contributed by atoms with Crippen LogP contribution in [0.1, 0.15) is 10.5 Å². The molecule has 1 amide bonds. The van der Waals surface area contributed by atoms with Crippen LogP contribution in [-0.2, 0) is 0 Å². The van der Waals surface area contributed by atoms with Gasteiger partial charge in [0.1, 0.15) is 10.8 Å². The fourth-order valence-corrected chi connectivity index (χ4v) is 3.32. The quantitative estimate of drug-likeness (QED) is 0.738. The van der Waals surface area contributed by atoms with Crippen LogP contribution >= 0.6 is 34.7 Å². The van der Waals surface area contributed by atoms with Gasteiger partial charge in [-0.3, -0.25) is 4.79 Å². The van der Waals surface area contributed by atoms with Crippen LogP contribution in [0, 0.1) is 0 Å². The second-order valence-corrected chi connectivity index (χ2v) is 6.52. The number of amides is 1. The number of fused-ring (bicyclic) bond motifs is 1. The fourth-order valence-electron chi connectivity index (χ4n) is 1.69. The summed E-state index contributed by atoms with van der Waals surface area (Å²) in [7, 11) is 0. The molecule has 0 radical (unpaired) electrons. The largest absolute Gasteiger partial charge is 0.321 e. The summed E-state index contributed by atoms with van der Waals surface area (Å²) in [5.74, 6) is -0.326. The normalized spacial score (nSPS) is 10.8. The first-order chi connectivity index (χ1) is 10.2. The zero-order valence-electron chi connectivity index (χ0n) is 10.8. The Hall–Kier alpha value is -1.70. The Morgan fingerprint density at radius 2 is 2.19 bits per heavy atom. The predicted molar refractivity (Wildman–Crippen MR) is 86.4 cm³/mol. The summed E-state index contributed by atoms with van der Waals surface area (Å²) in [5, 5.41) is 3.04. The highest BCUT2D eigenvalue weighted by atomic mass is 35.5. The molecular weight excluding hydrogens is 328 g/mol. The van der Waals surface area contributed by atoms with Crippen LogP contribution in [0.15, 0.2) is 34.9 Å². The maximum Gasteiger partial charge on any atom is 0.275 e. The van der Waals surface area contributed by atoms with Gasteiger partial charge in [-0.1, -0.05) is 23.4 Å². The average Bonchev–Trinajstić information content (AvgIpc) is 2.90. The number of rotatable bonds is 3. The number of hydrogen-bond acceptors (Lipinski definition) is 6. The third-order valence-electron chi connectivity index (χ3n) is 2.65. The van der Waals surface area contributed by atoms with Crippen LogP contribution in [0.25, 0.3) is 10.2 Å². The summed E-state index contributed by atoms with van der Waals surface area (Å²) in [6, 6.07) is 5.59. The molecule has 0 atom stereocenters. The van der Waals surface area contributed by atoms with E-state index in [1.54, 1.807) is 23.1 Å². The summed E-state index contributed by atoms with van der Waals surface area (Å²) in [5.41, 5.74) is 1.84. The van der Waals surface area contributed by atoms with Gasteiger partial charge in [0.25, 0.3) is 5.91 Å². The molecule has 0 unspecified atom stereocenters. The van der Waals surface area contributed by atoms with Crippen molar-refractivity contribution in [2.75, 3.05) is 11.6 Å². The first-order valence-electron chi connectivity index (χ1n) is 5.89. The van der Waals surface area contributed by atoms with E-state index in [1.165, 1.54) is 12.4 Å². The molecule has 1 N–H and O–H groups in total. The molecule has 0 bridgehead atoms. The molecular formula is C13H9ClN4OS2. The maximum absolute atomic E-state index is 12.0. The molecule has 3 aromatic rings. The first-order valence-corrected chi connectivity index (χ1v) is 8.31. The zero-order chi connectivity index (χ0) is 14.8. The van der Waals surface area contributed by atoms with Crippen molar-refractivity contribution in [2.45, 2.75) is 4.34 Å². The highest BCUT2D eigenvalue weighted by Crippen LogP contribution is 2.30. The van der Waals surface area contributed by atoms with Crippen molar-refractivity contribution in [1.29, 1.82) is 0 Å². The molecule has 3 rings (SSSR count). The van der Waals surface area contributed by atoms with Crippen LogP contribution in [0.5, 0.6) is 0 Å². The van der Waals surface area contributed by atoms with Gasteiger partial charge in [-0.2, -0.15) is 0 Å². The number of carbonyl (C=O) groups is 1. The van der Waals surface area contributed by atoms with Crippen LogP contribution < -0.4 is 5.32 Å². The van der Waals surface area contributed by atoms with Gasteiger partial charge >= 0.3 is 0 Å². The highest BCUT2D eigenvalue weighted by molar-refractivity contribution is 8.00. The molecule has 0 saturated carbocycles. The number of benzene rings is 1. The Labute approximate surface area is 133 Å². The average molecular weight is 337 g/mol. The smallest absolute Gasteiger partial charge is 0.275 e. The van der Waals surface area contributed by atoms with E-state index in [0.29, 0.717) is 5.69 Å². The van der Waals surface area contributed by atoms with Crippen molar-refractivity contribution in [2.24, 2.45) is 0 Å². The molecule has 0 aliphatic rings. The summed E-state index contributed by atoms with van der Waals surface area (Å²) in [4.78, 5) is 24.3. The third-order valence-corrected chi connectivity index (χ3v) is 4.85. The van der Waals surface area contributed by atoms with E-state index in [-0.39, 0.29) is 16.8 Å². The van der Waals surface area contributed by atoms with Gasteiger partial charge in [-0.15, -0.1) is 11.3 Å². The molecule has 0 aliphatic heterocycles. The van der Waals surface area contributed by atoms with Crippen molar-refractivity contribution < 1.29 is 4.79 Å². The van der Waals surface area contributed by atoms with E-state index in [9.17, 15) is 4.79 Å². The number of carbonyl (C=O) groups excluding carboxylic acids is 1. The Morgan fingerprint density at radius 3 is 2.90 bits per heavy atom. The lowest BCUT2D eigenvalue weighted by atomic mass is 10.3. The zero-order valence-corrected chi connectivity index (χ0v) is 13.2. The summed E-state index contributed by atoms with van der Waals surface area (Å²) in [6.07, 6.45) is 4.67. The molecule has 8 heteroatoms. The third kappa shape index (κ3) is 3.15. The van der Waals surface area contributed by atoms with Crippen LogP contribution in [0.3, 0.4) is 0 Å². The topological polar surface area (TPSA) is 67.8 Å². The number of thioether (sulfide) groups is 1. The van der Waals surface area contributed by atoms with Gasteiger partial charge in [0.2, 0.25) is 0 Å². The number of halogens is 1. The Morgan fingerprint density at radius 1 is 1.33 bits per heavy atom. The maximum atomic E-state index is 12.0. The van der Waals surface area contributed by atoms with Crippen LogP contribution in [-0.4, -0.2) is 27.1 Å². The molecule has 21 heavy (non-hydrogen) atoms. The Kier molecular flexibility index (Phi) is 4.05. The van der Waals surface area contributed by atoms with Crippen molar-refractivity contribution >= 4 is 56.5 Å². The monoisotopic (exact) mass is 336 g/mol. The first kappa shape index (κ1) is 14.2. The molecule has 2 heterocycles. The van der Waals surface area contributed by atoms with Crippen LogP contribution in [0.4, 0.5) is 5.69 Å². The lowest BCUT2D eigenvalue weighted by molar-refractivity contribution is 0.102. The van der Waals surface area contributed by atoms with Crippen molar-refractivity contribution in [3.63, 3.8) is 0 Å². The standard InChI is InChI=1S/C13H9ClN4OS2/c1-20-13-18-8-3-2-7(4-10(8)21-13)17-12(19)9-5-16-11(14)6-15-9/h2-6H,1H3,(H,17,19). The Bertz CT molecular complexity index is 804. The highest BCUT2D eigenvalue weighted by Gasteiger charge is 2.10. The summed E-state index contributed by atoms with van der Waals surface area (Å²) < 4.78 is 2.02. The molecule has 1 aromatic carbocycles. The minimum atomic E-state index is -0.326. The number of hydrogen-bond donors (Lipinski definition) is 1. The number of nitrogens with one attached hydrogen (secondary N) is 1. The van der Waals surface area contributed by atoms with E-state index in [2.05, 4.69) is 20.3 Å². The lowest BCUT2D eigenvalue weighted by Gasteiger charge is -2.04. The fraction of sp³-hybridized carbons (Fsp3) is 0.0769. The second kappa shape index (κ2) is 5.97.